The molecule has 1 aromatic carbocycles. The highest BCUT2D eigenvalue weighted by atomic mass is 35.5. The molecule has 0 bridgehead atoms. The van der Waals surface area contributed by atoms with Crippen molar-refractivity contribution in [3.8, 4) is 0 Å². The average molecular weight is 492 g/mol. The molecule has 0 heterocycles. The van der Waals surface area contributed by atoms with Crippen molar-refractivity contribution in [2.24, 2.45) is 0 Å². The summed E-state index contributed by atoms with van der Waals surface area (Å²) in [6.45, 7) is 2.15. The highest BCUT2D eigenvalue weighted by molar-refractivity contribution is 6.30. The minimum absolute atomic E-state index is 0.00869. The molecule has 4 nitrogen and oxygen atoms in total. The SMILES string of the molecule is CCCCCCCC/C=C\CCCCCCCC(=O)N[C@H](CO)Cc1ccc(C(=O)CCl)cc1. The number of hydrogen-bond acceptors (Lipinski definition) is 3. The fourth-order valence-corrected chi connectivity index (χ4v) is 4.16. The second kappa shape index (κ2) is 20.7. The van der Waals surface area contributed by atoms with Gasteiger partial charge in [-0.05, 0) is 44.1 Å². The largest absolute Gasteiger partial charge is 0.394 e. The predicted octanol–water partition coefficient (Wildman–Crippen LogP) is 7.17. The smallest absolute Gasteiger partial charge is 0.220 e. The molecule has 0 saturated carbocycles. The third kappa shape index (κ3) is 15.3. The summed E-state index contributed by atoms with van der Waals surface area (Å²) in [5.41, 5.74) is 1.54. The number of amides is 1. The molecule has 0 aliphatic rings. The third-order valence-electron chi connectivity index (χ3n) is 6.13. The van der Waals surface area contributed by atoms with E-state index in [0.29, 0.717) is 18.4 Å². The van der Waals surface area contributed by atoms with Crippen LogP contribution in [-0.2, 0) is 11.2 Å². The van der Waals surface area contributed by atoms with Crippen molar-refractivity contribution >= 4 is 23.3 Å². The summed E-state index contributed by atoms with van der Waals surface area (Å²) in [6, 6.07) is 6.85. The quantitative estimate of drug-likeness (QED) is 0.0828. The first-order valence-corrected chi connectivity index (χ1v) is 13.9. The monoisotopic (exact) mass is 491 g/mol. The first-order valence-electron chi connectivity index (χ1n) is 13.3. The number of Topliss-reactive ketones (excluding diaryl/α,β-unsaturated/α-hetero) is 1. The molecule has 0 aliphatic carbocycles. The van der Waals surface area contributed by atoms with E-state index < -0.39 is 0 Å². The van der Waals surface area contributed by atoms with Crippen LogP contribution in [0.25, 0.3) is 0 Å². The number of halogens is 1. The summed E-state index contributed by atoms with van der Waals surface area (Å²) in [4.78, 5) is 23.8. The number of aliphatic hydroxyl groups is 1. The molecule has 192 valence electrons. The van der Waals surface area contributed by atoms with Crippen LogP contribution in [0.4, 0.5) is 0 Å². The Labute approximate surface area is 212 Å². The molecule has 5 heteroatoms. The van der Waals surface area contributed by atoms with E-state index in [1.165, 1.54) is 57.8 Å². The molecule has 1 rings (SSSR count). The Morgan fingerprint density at radius 1 is 0.882 bits per heavy atom. The van der Waals surface area contributed by atoms with Crippen LogP contribution in [0.15, 0.2) is 36.4 Å². The van der Waals surface area contributed by atoms with E-state index in [1.807, 2.05) is 12.1 Å². The van der Waals surface area contributed by atoms with Gasteiger partial charge in [0.2, 0.25) is 5.91 Å². The highest BCUT2D eigenvalue weighted by Crippen LogP contribution is 2.11. The number of carbonyl (C=O) groups excluding carboxylic acids is 2. The first-order chi connectivity index (χ1) is 16.6. The second-order valence-corrected chi connectivity index (χ2v) is 9.51. The normalized spacial score (nSPS) is 12.2. The first kappa shape index (κ1) is 30.4. The second-order valence-electron chi connectivity index (χ2n) is 9.24. The summed E-state index contributed by atoms with van der Waals surface area (Å²) in [5, 5.41) is 12.6. The summed E-state index contributed by atoms with van der Waals surface area (Å²) in [6.07, 6.45) is 21.8. The number of rotatable bonds is 21. The van der Waals surface area contributed by atoms with Gasteiger partial charge in [0.15, 0.2) is 5.78 Å². The predicted molar refractivity (Wildman–Crippen MR) is 144 cm³/mol. The molecule has 0 unspecified atom stereocenters. The number of unbranched alkanes of at least 4 members (excludes halogenated alkanes) is 11. The van der Waals surface area contributed by atoms with Crippen LogP contribution >= 0.6 is 11.6 Å². The maximum atomic E-state index is 12.2. The summed E-state index contributed by atoms with van der Waals surface area (Å²) >= 11 is 5.58. The van der Waals surface area contributed by atoms with Gasteiger partial charge in [0, 0.05) is 12.0 Å². The lowest BCUT2D eigenvalue weighted by atomic mass is 10.0. The molecule has 1 atom stereocenters. The van der Waals surface area contributed by atoms with Crippen molar-refractivity contribution in [2.45, 2.75) is 109 Å². The highest BCUT2D eigenvalue weighted by Gasteiger charge is 2.12. The van der Waals surface area contributed by atoms with Crippen LogP contribution in [0, 0.1) is 0 Å². The Kier molecular flexibility index (Phi) is 18.5. The van der Waals surface area contributed by atoms with Crippen LogP contribution < -0.4 is 5.32 Å². The maximum Gasteiger partial charge on any atom is 0.220 e. The lowest BCUT2D eigenvalue weighted by Gasteiger charge is -2.16. The Morgan fingerprint density at radius 2 is 1.44 bits per heavy atom. The molecule has 0 radical (unpaired) electrons. The zero-order valence-electron chi connectivity index (χ0n) is 21.2. The van der Waals surface area contributed by atoms with Crippen LogP contribution in [0.3, 0.4) is 0 Å². The molecule has 0 aromatic heterocycles. The standard InChI is InChI=1S/C29H46ClNO3/c1-2-3-4-5-6-7-8-9-10-11-12-13-14-15-16-17-29(34)31-27(24-32)22-25-18-20-26(21-19-25)28(33)23-30/h9-10,18-21,27,32H,2-8,11-17,22-24H2,1H3,(H,31,34)/b10-9-/t27-/m0/s1. The number of benzene rings is 1. The third-order valence-corrected chi connectivity index (χ3v) is 6.37. The number of carbonyl (C=O) groups is 2. The van der Waals surface area contributed by atoms with E-state index in [2.05, 4.69) is 24.4 Å². The molecule has 0 aliphatic heterocycles. The van der Waals surface area contributed by atoms with E-state index in [4.69, 9.17) is 11.6 Å². The zero-order chi connectivity index (χ0) is 24.9. The van der Waals surface area contributed by atoms with Crippen molar-refractivity contribution in [2.75, 3.05) is 12.5 Å². The Balaban J connectivity index is 2.05. The van der Waals surface area contributed by atoms with Gasteiger partial charge in [-0.25, -0.2) is 0 Å². The fraction of sp³-hybridized carbons (Fsp3) is 0.655. The van der Waals surface area contributed by atoms with Gasteiger partial charge in [-0.15, -0.1) is 11.6 Å². The van der Waals surface area contributed by atoms with Gasteiger partial charge in [0.05, 0.1) is 18.5 Å². The van der Waals surface area contributed by atoms with Crippen LogP contribution in [0.2, 0.25) is 0 Å². The molecule has 1 amide bonds. The van der Waals surface area contributed by atoms with Gasteiger partial charge in [-0.3, -0.25) is 9.59 Å². The topological polar surface area (TPSA) is 66.4 Å². The van der Waals surface area contributed by atoms with Gasteiger partial charge in [0.1, 0.15) is 0 Å². The number of alkyl halides is 1. The van der Waals surface area contributed by atoms with E-state index in [-0.39, 0.29) is 30.2 Å². The van der Waals surface area contributed by atoms with Crippen LogP contribution in [-0.4, -0.2) is 35.3 Å². The van der Waals surface area contributed by atoms with Gasteiger partial charge in [-0.1, -0.05) is 94.7 Å². The van der Waals surface area contributed by atoms with Crippen molar-refractivity contribution in [1.29, 1.82) is 0 Å². The van der Waals surface area contributed by atoms with E-state index in [0.717, 1.165) is 31.2 Å². The van der Waals surface area contributed by atoms with Crippen LogP contribution in [0.1, 0.15) is 113 Å². The number of allylic oxidation sites excluding steroid dienone is 2. The van der Waals surface area contributed by atoms with Crippen molar-refractivity contribution < 1.29 is 14.7 Å². The van der Waals surface area contributed by atoms with Gasteiger partial charge in [-0.2, -0.15) is 0 Å². The molecule has 0 spiro atoms. The van der Waals surface area contributed by atoms with Gasteiger partial charge >= 0.3 is 0 Å². The lowest BCUT2D eigenvalue weighted by Crippen LogP contribution is -2.39. The molecular weight excluding hydrogens is 446 g/mol. The van der Waals surface area contributed by atoms with Crippen molar-refractivity contribution in [3.63, 3.8) is 0 Å². The summed E-state index contributed by atoms with van der Waals surface area (Å²) < 4.78 is 0. The van der Waals surface area contributed by atoms with Crippen molar-refractivity contribution in [1.82, 2.24) is 5.32 Å². The molecule has 34 heavy (non-hydrogen) atoms. The van der Waals surface area contributed by atoms with E-state index in [1.54, 1.807) is 12.1 Å². The minimum Gasteiger partial charge on any atom is -0.394 e. The van der Waals surface area contributed by atoms with E-state index in [9.17, 15) is 14.7 Å². The van der Waals surface area contributed by atoms with Gasteiger partial charge < -0.3 is 10.4 Å². The number of ketones is 1. The minimum atomic E-state index is -0.315. The molecule has 0 fully saturated rings. The zero-order valence-corrected chi connectivity index (χ0v) is 22.0. The van der Waals surface area contributed by atoms with E-state index >= 15 is 0 Å². The van der Waals surface area contributed by atoms with Gasteiger partial charge in [0.25, 0.3) is 0 Å². The Morgan fingerprint density at radius 3 is 2.00 bits per heavy atom. The van der Waals surface area contributed by atoms with Crippen LogP contribution in [0.5, 0.6) is 0 Å². The Hall–Kier alpha value is -1.65. The number of aliphatic hydroxyl groups excluding tert-OH is 1. The number of hydrogen-bond donors (Lipinski definition) is 2. The summed E-state index contributed by atoms with van der Waals surface area (Å²) in [5.74, 6) is -0.156. The Bertz CT molecular complexity index is 687. The lowest BCUT2D eigenvalue weighted by molar-refractivity contribution is -0.122. The molecule has 1 aromatic rings. The fourth-order valence-electron chi connectivity index (χ4n) is 4.01. The average Bonchev–Trinajstić information content (AvgIpc) is 2.85. The number of nitrogens with one attached hydrogen (secondary N) is 1. The molecule has 2 N–H and O–H groups in total. The molecular formula is C29H46ClNO3. The van der Waals surface area contributed by atoms with Crippen molar-refractivity contribution in [3.05, 3.63) is 47.5 Å². The molecule has 0 saturated heterocycles. The summed E-state index contributed by atoms with van der Waals surface area (Å²) in [7, 11) is 0. The maximum absolute atomic E-state index is 12.2.